The molecule has 1 heterocycles. The molecule has 1 aromatic rings. The zero-order valence-corrected chi connectivity index (χ0v) is 10.6. The van der Waals surface area contributed by atoms with Crippen molar-refractivity contribution in [1.82, 2.24) is 5.32 Å². The van der Waals surface area contributed by atoms with Gasteiger partial charge in [0.05, 0.1) is 0 Å². The van der Waals surface area contributed by atoms with Gasteiger partial charge in [0.1, 0.15) is 0 Å². The molecule has 0 radical (unpaired) electrons. The van der Waals surface area contributed by atoms with E-state index >= 15 is 0 Å². The molecule has 0 aliphatic carbocycles. The highest BCUT2D eigenvalue weighted by atomic mass is 32.2. The van der Waals surface area contributed by atoms with Crippen LogP contribution in [0.2, 0.25) is 0 Å². The van der Waals surface area contributed by atoms with Crippen molar-refractivity contribution in [2.24, 2.45) is 5.73 Å². The van der Waals surface area contributed by atoms with Crippen LogP contribution in [0.5, 0.6) is 0 Å². The Labute approximate surface area is 106 Å². The number of carbonyl (C=O) groups is 1. The lowest BCUT2D eigenvalue weighted by Gasteiger charge is -2.23. The zero-order chi connectivity index (χ0) is 12.1. The van der Waals surface area contributed by atoms with Gasteiger partial charge in [0.2, 0.25) is 5.91 Å². The fraction of sp³-hybridized carbons (Fsp3) is 0.462. The number of thioether (sulfide) groups is 1. The van der Waals surface area contributed by atoms with E-state index in [0.717, 1.165) is 12.1 Å². The summed E-state index contributed by atoms with van der Waals surface area (Å²) in [6, 6.07) is 8.12. The van der Waals surface area contributed by atoms with E-state index in [-0.39, 0.29) is 5.91 Å². The van der Waals surface area contributed by atoms with Crippen molar-refractivity contribution in [3.8, 4) is 0 Å². The first-order valence-electron chi connectivity index (χ1n) is 5.96. The number of hydrogen-bond donors (Lipinski definition) is 2. The first-order valence-corrected chi connectivity index (χ1v) is 7.11. The Kier molecular flexibility index (Phi) is 4.45. The molecule has 0 unspecified atom stereocenters. The molecule has 1 fully saturated rings. The van der Waals surface area contributed by atoms with E-state index in [1.165, 1.54) is 24.3 Å². The molecule has 2 rings (SSSR count). The normalized spacial score (nSPS) is 16.9. The number of hydrogen-bond acceptors (Lipinski definition) is 3. The van der Waals surface area contributed by atoms with Crippen molar-refractivity contribution in [1.29, 1.82) is 0 Å². The Morgan fingerprint density at radius 3 is 2.76 bits per heavy atom. The Morgan fingerprint density at radius 2 is 2.06 bits per heavy atom. The van der Waals surface area contributed by atoms with Crippen LogP contribution in [0, 0.1) is 0 Å². The van der Waals surface area contributed by atoms with Crippen molar-refractivity contribution in [2.75, 3.05) is 11.5 Å². The van der Waals surface area contributed by atoms with Crippen LogP contribution in [0.15, 0.2) is 24.3 Å². The van der Waals surface area contributed by atoms with E-state index in [4.69, 9.17) is 5.73 Å². The number of amides is 1. The molecule has 17 heavy (non-hydrogen) atoms. The fourth-order valence-electron chi connectivity index (χ4n) is 2.07. The molecule has 1 amide bonds. The smallest absolute Gasteiger partial charge is 0.249 e. The average Bonchev–Trinajstić information content (AvgIpc) is 2.38. The molecule has 92 valence electrons. The maximum absolute atomic E-state index is 11.3. The third-order valence-corrected chi connectivity index (χ3v) is 4.13. The van der Waals surface area contributed by atoms with Gasteiger partial charge in [0.15, 0.2) is 0 Å². The second-order valence-electron chi connectivity index (χ2n) is 4.29. The van der Waals surface area contributed by atoms with Crippen LogP contribution in [0.4, 0.5) is 0 Å². The molecule has 0 aromatic heterocycles. The SMILES string of the molecule is NC(=O)c1ccccc1CNC1CCSCC1. The predicted octanol–water partition coefficient (Wildman–Crippen LogP) is 1.77. The molecular weight excluding hydrogens is 232 g/mol. The maximum atomic E-state index is 11.3. The van der Waals surface area contributed by atoms with E-state index in [0.29, 0.717) is 11.6 Å². The Bertz CT molecular complexity index is 389. The van der Waals surface area contributed by atoms with Gasteiger partial charge in [-0.3, -0.25) is 4.79 Å². The van der Waals surface area contributed by atoms with Crippen molar-refractivity contribution in [3.63, 3.8) is 0 Å². The first kappa shape index (κ1) is 12.5. The van der Waals surface area contributed by atoms with Gasteiger partial charge < -0.3 is 11.1 Å². The standard InChI is InChI=1S/C13H18N2OS/c14-13(16)12-4-2-1-3-10(12)9-15-11-5-7-17-8-6-11/h1-4,11,15H,5-9H2,(H2,14,16). The lowest BCUT2D eigenvalue weighted by molar-refractivity contribution is 0.0999. The van der Waals surface area contributed by atoms with Gasteiger partial charge in [-0.1, -0.05) is 18.2 Å². The quantitative estimate of drug-likeness (QED) is 0.856. The average molecular weight is 250 g/mol. The molecule has 0 atom stereocenters. The molecule has 0 spiro atoms. The van der Waals surface area contributed by atoms with E-state index < -0.39 is 0 Å². The third-order valence-electron chi connectivity index (χ3n) is 3.09. The van der Waals surface area contributed by atoms with Crippen molar-refractivity contribution in [2.45, 2.75) is 25.4 Å². The largest absolute Gasteiger partial charge is 0.366 e. The number of primary amides is 1. The van der Waals surface area contributed by atoms with Gasteiger partial charge >= 0.3 is 0 Å². The second kappa shape index (κ2) is 6.07. The van der Waals surface area contributed by atoms with Crippen LogP contribution < -0.4 is 11.1 Å². The van der Waals surface area contributed by atoms with Crippen LogP contribution in [0.1, 0.15) is 28.8 Å². The number of nitrogens with one attached hydrogen (secondary N) is 1. The number of carbonyl (C=O) groups excluding carboxylic acids is 1. The van der Waals surface area contributed by atoms with E-state index in [1.807, 2.05) is 30.0 Å². The summed E-state index contributed by atoms with van der Waals surface area (Å²) in [5, 5.41) is 3.51. The van der Waals surface area contributed by atoms with E-state index in [9.17, 15) is 4.79 Å². The summed E-state index contributed by atoms with van der Waals surface area (Å²) >= 11 is 2.01. The summed E-state index contributed by atoms with van der Waals surface area (Å²) in [4.78, 5) is 11.3. The number of rotatable bonds is 4. The van der Waals surface area contributed by atoms with E-state index in [2.05, 4.69) is 5.32 Å². The lowest BCUT2D eigenvalue weighted by atomic mass is 10.1. The topological polar surface area (TPSA) is 55.1 Å². The molecule has 0 bridgehead atoms. The Hall–Kier alpha value is -1.00. The highest BCUT2D eigenvalue weighted by Gasteiger charge is 2.14. The number of nitrogens with two attached hydrogens (primary N) is 1. The van der Waals surface area contributed by atoms with Crippen LogP contribution >= 0.6 is 11.8 Å². The van der Waals surface area contributed by atoms with Crippen molar-refractivity contribution in [3.05, 3.63) is 35.4 Å². The summed E-state index contributed by atoms with van der Waals surface area (Å²) in [5.41, 5.74) is 6.98. The summed E-state index contributed by atoms with van der Waals surface area (Å²) < 4.78 is 0. The van der Waals surface area contributed by atoms with E-state index in [1.54, 1.807) is 6.07 Å². The van der Waals surface area contributed by atoms with Crippen LogP contribution in [0.3, 0.4) is 0 Å². The summed E-state index contributed by atoms with van der Waals surface area (Å²) in [6.45, 7) is 0.731. The molecule has 1 aliphatic heterocycles. The predicted molar refractivity (Wildman–Crippen MR) is 72.1 cm³/mol. The lowest BCUT2D eigenvalue weighted by Crippen LogP contribution is -2.32. The number of benzene rings is 1. The minimum absolute atomic E-state index is 0.346. The Balaban J connectivity index is 1.96. The molecule has 3 nitrogen and oxygen atoms in total. The monoisotopic (exact) mass is 250 g/mol. The van der Waals surface area contributed by atoms with Gasteiger partial charge in [0.25, 0.3) is 0 Å². The van der Waals surface area contributed by atoms with Crippen molar-refractivity contribution >= 4 is 17.7 Å². The van der Waals surface area contributed by atoms with Gasteiger partial charge in [-0.05, 0) is 36.0 Å². The maximum Gasteiger partial charge on any atom is 0.249 e. The molecular formula is C13H18N2OS. The molecule has 1 aliphatic rings. The summed E-state index contributed by atoms with van der Waals surface area (Å²) in [5.74, 6) is 2.12. The minimum Gasteiger partial charge on any atom is -0.366 e. The van der Waals surface area contributed by atoms with Gasteiger partial charge in [-0.15, -0.1) is 0 Å². The molecule has 3 N–H and O–H groups in total. The summed E-state index contributed by atoms with van der Waals surface area (Å²) in [7, 11) is 0. The highest BCUT2D eigenvalue weighted by molar-refractivity contribution is 7.99. The van der Waals surface area contributed by atoms with Gasteiger partial charge in [-0.25, -0.2) is 0 Å². The molecule has 0 saturated carbocycles. The van der Waals surface area contributed by atoms with Gasteiger partial charge in [0, 0.05) is 18.2 Å². The zero-order valence-electron chi connectivity index (χ0n) is 9.82. The fourth-order valence-corrected chi connectivity index (χ4v) is 3.18. The van der Waals surface area contributed by atoms with Crippen molar-refractivity contribution < 1.29 is 4.79 Å². The van der Waals surface area contributed by atoms with Gasteiger partial charge in [-0.2, -0.15) is 11.8 Å². The minimum atomic E-state index is -0.346. The van der Waals surface area contributed by atoms with Crippen LogP contribution in [-0.4, -0.2) is 23.5 Å². The Morgan fingerprint density at radius 1 is 1.35 bits per heavy atom. The third kappa shape index (κ3) is 3.48. The summed E-state index contributed by atoms with van der Waals surface area (Å²) in [6.07, 6.45) is 2.42. The first-order chi connectivity index (χ1) is 8.27. The molecule has 1 aromatic carbocycles. The highest BCUT2D eigenvalue weighted by Crippen LogP contribution is 2.17. The van der Waals surface area contributed by atoms with Crippen LogP contribution in [0.25, 0.3) is 0 Å². The second-order valence-corrected chi connectivity index (χ2v) is 5.51. The molecule has 4 heteroatoms. The van der Waals surface area contributed by atoms with Crippen LogP contribution in [-0.2, 0) is 6.54 Å². The molecule has 1 saturated heterocycles.